The number of nitrogens with one attached hydrogen (secondary N) is 1. The number of aliphatic carboxylic acids is 1. The molecule has 0 bridgehead atoms. The summed E-state index contributed by atoms with van der Waals surface area (Å²) in [5.74, 6) is -0.996. The third-order valence-corrected chi connectivity index (χ3v) is 7.21. The van der Waals surface area contributed by atoms with Crippen molar-refractivity contribution in [1.82, 2.24) is 20.2 Å². The summed E-state index contributed by atoms with van der Waals surface area (Å²) in [5.41, 5.74) is 6.64. The van der Waals surface area contributed by atoms with Gasteiger partial charge in [0.05, 0.1) is 22.4 Å². The smallest absolute Gasteiger partial charge is 0.303 e. The highest BCUT2D eigenvalue weighted by molar-refractivity contribution is 14.1. The highest BCUT2D eigenvalue weighted by Gasteiger charge is 2.19. The number of halogens is 1. The van der Waals surface area contributed by atoms with Gasteiger partial charge in [-0.1, -0.05) is 77.2 Å². The molecule has 1 heterocycles. The van der Waals surface area contributed by atoms with Crippen molar-refractivity contribution in [1.29, 1.82) is 0 Å². The van der Waals surface area contributed by atoms with Gasteiger partial charge >= 0.3 is 5.97 Å². The molecular weight excluding hydrogens is 591 g/mol. The van der Waals surface area contributed by atoms with Gasteiger partial charge in [0.1, 0.15) is 6.17 Å². The zero-order valence-corrected chi connectivity index (χ0v) is 23.7. The predicted octanol–water partition coefficient (Wildman–Crippen LogP) is 6.02. The molecule has 0 aliphatic rings. The molecule has 1 unspecified atom stereocenters. The third kappa shape index (κ3) is 6.93. The molecular formula is C30H31IN4O3. The molecule has 0 saturated carbocycles. The van der Waals surface area contributed by atoms with Crippen molar-refractivity contribution in [2.45, 2.75) is 36.3 Å². The first-order valence-corrected chi connectivity index (χ1v) is 14.1. The lowest BCUT2D eigenvalue weighted by atomic mass is 10.0. The van der Waals surface area contributed by atoms with E-state index in [9.17, 15) is 9.59 Å². The fourth-order valence-corrected chi connectivity index (χ4v) is 4.82. The average Bonchev–Trinajstić information content (AvgIpc) is 2.93. The van der Waals surface area contributed by atoms with Crippen LogP contribution in [0.2, 0.25) is 0 Å². The van der Waals surface area contributed by atoms with E-state index in [-0.39, 0.29) is 18.5 Å². The standard InChI is InChI=1S/C30H31IN4O3/c1-35(2)29(22-8-4-3-5-9-22)34-30(38)23-16-17-24-26(18-23)32-25(10-6-7-11-27(36)37)28(33-24)21-14-12-20(19-31)13-15-21/h3-5,8-9,12-18,29H,6-7,10-11,19H2,1-2H3,(H,34,38)(H,36,37). The zero-order valence-electron chi connectivity index (χ0n) is 21.5. The minimum absolute atomic E-state index is 0.124. The third-order valence-electron chi connectivity index (χ3n) is 6.33. The van der Waals surface area contributed by atoms with Crippen molar-refractivity contribution in [3.63, 3.8) is 0 Å². The number of carbonyl (C=O) groups excluding carboxylic acids is 1. The summed E-state index contributed by atoms with van der Waals surface area (Å²) in [6, 6.07) is 23.5. The first kappa shape index (κ1) is 27.7. The largest absolute Gasteiger partial charge is 0.481 e. The van der Waals surface area contributed by atoms with Crippen LogP contribution in [-0.4, -0.2) is 45.9 Å². The Labute approximate surface area is 236 Å². The molecule has 1 aromatic heterocycles. The van der Waals surface area contributed by atoms with Crippen molar-refractivity contribution < 1.29 is 14.7 Å². The number of nitrogens with zero attached hydrogens (tertiary/aromatic N) is 3. The number of aromatic nitrogens is 2. The van der Waals surface area contributed by atoms with Crippen LogP contribution < -0.4 is 5.32 Å². The minimum Gasteiger partial charge on any atom is -0.481 e. The zero-order chi connectivity index (χ0) is 27.1. The number of alkyl halides is 1. The topological polar surface area (TPSA) is 95.4 Å². The van der Waals surface area contributed by atoms with Crippen molar-refractivity contribution in [3.8, 4) is 11.3 Å². The van der Waals surface area contributed by atoms with Gasteiger partial charge in [0, 0.05) is 22.0 Å². The molecule has 3 aromatic carbocycles. The Hall–Kier alpha value is -3.37. The van der Waals surface area contributed by atoms with Crippen LogP contribution in [0.15, 0.2) is 72.8 Å². The van der Waals surface area contributed by atoms with Crippen molar-refractivity contribution in [2.75, 3.05) is 14.1 Å². The fourth-order valence-electron chi connectivity index (χ4n) is 4.31. The van der Waals surface area contributed by atoms with Gasteiger partial charge in [-0.2, -0.15) is 0 Å². The summed E-state index contributed by atoms with van der Waals surface area (Å²) >= 11 is 2.34. The fraction of sp³-hybridized carbons (Fsp3) is 0.267. The summed E-state index contributed by atoms with van der Waals surface area (Å²) in [4.78, 5) is 36.0. The van der Waals surface area contributed by atoms with Gasteiger partial charge in [0.15, 0.2) is 0 Å². The van der Waals surface area contributed by atoms with E-state index in [1.165, 1.54) is 5.56 Å². The van der Waals surface area contributed by atoms with Crippen molar-refractivity contribution in [2.24, 2.45) is 0 Å². The number of carboxylic acid groups (broad SMARTS) is 1. The van der Waals surface area contributed by atoms with E-state index in [0.29, 0.717) is 35.9 Å². The molecule has 38 heavy (non-hydrogen) atoms. The molecule has 1 atom stereocenters. The molecule has 0 fully saturated rings. The minimum atomic E-state index is -0.800. The van der Waals surface area contributed by atoms with Crippen molar-refractivity contribution in [3.05, 3.63) is 95.2 Å². The van der Waals surface area contributed by atoms with E-state index in [1.54, 1.807) is 12.1 Å². The molecule has 1 amide bonds. The molecule has 7 nitrogen and oxygen atoms in total. The van der Waals surface area contributed by atoms with Crippen LogP contribution in [0.4, 0.5) is 0 Å². The van der Waals surface area contributed by atoms with Gasteiger partial charge in [0.25, 0.3) is 5.91 Å². The van der Waals surface area contributed by atoms with Crippen LogP contribution in [0.1, 0.15) is 52.6 Å². The Kier molecular flexibility index (Phi) is 9.41. The molecule has 2 N–H and O–H groups in total. The summed E-state index contributed by atoms with van der Waals surface area (Å²) in [6.45, 7) is 0. The van der Waals surface area contributed by atoms with Gasteiger partial charge in [-0.25, -0.2) is 9.97 Å². The van der Waals surface area contributed by atoms with Gasteiger partial charge in [-0.05, 0) is 62.7 Å². The molecule has 0 radical (unpaired) electrons. The summed E-state index contributed by atoms with van der Waals surface area (Å²) in [7, 11) is 3.85. The van der Waals surface area contributed by atoms with E-state index >= 15 is 0 Å². The number of hydrogen-bond donors (Lipinski definition) is 2. The number of rotatable bonds is 11. The number of fused-ring (bicyclic) bond motifs is 1. The molecule has 0 spiro atoms. The van der Waals surface area contributed by atoms with Gasteiger partial charge < -0.3 is 10.4 Å². The SMILES string of the molecule is CN(C)C(NC(=O)c1ccc2nc(-c3ccc(CI)cc3)c(CCCCC(=O)O)nc2c1)c1ccccc1. The molecule has 0 saturated heterocycles. The van der Waals surface area contributed by atoms with Crippen molar-refractivity contribution >= 4 is 45.5 Å². The van der Waals surface area contributed by atoms with E-state index in [1.807, 2.05) is 55.4 Å². The van der Waals surface area contributed by atoms with E-state index in [0.717, 1.165) is 26.9 Å². The normalized spacial score (nSPS) is 12.0. The lowest BCUT2D eigenvalue weighted by molar-refractivity contribution is -0.137. The second-order valence-corrected chi connectivity index (χ2v) is 10.2. The average molecular weight is 623 g/mol. The van der Waals surface area contributed by atoms with Crippen LogP contribution in [0.25, 0.3) is 22.3 Å². The highest BCUT2D eigenvalue weighted by Crippen LogP contribution is 2.26. The summed E-state index contributed by atoms with van der Waals surface area (Å²) < 4.78 is 0.924. The highest BCUT2D eigenvalue weighted by atomic mass is 127. The number of hydrogen-bond acceptors (Lipinski definition) is 5. The Balaban J connectivity index is 1.65. The van der Waals surface area contributed by atoms with Crippen LogP contribution in [0.3, 0.4) is 0 Å². The monoisotopic (exact) mass is 622 g/mol. The van der Waals surface area contributed by atoms with E-state index < -0.39 is 5.97 Å². The first-order valence-electron chi connectivity index (χ1n) is 12.6. The first-order chi connectivity index (χ1) is 18.4. The van der Waals surface area contributed by atoms with Crippen LogP contribution in [-0.2, 0) is 15.6 Å². The van der Waals surface area contributed by atoms with Gasteiger partial charge in [0.2, 0.25) is 0 Å². The lowest BCUT2D eigenvalue weighted by Gasteiger charge is -2.26. The molecule has 196 valence electrons. The second-order valence-electron chi connectivity index (χ2n) is 9.40. The number of carbonyl (C=O) groups is 2. The van der Waals surface area contributed by atoms with Gasteiger partial charge in [-0.15, -0.1) is 0 Å². The maximum Gasteiger partial charge on any atom is 0.303 e. The molecule has 0 aliphatic heterocycles. The number of unbranched alkanes of at least 4 members (excludes halogenated alkanes) is 1. The predicted molar refractivity (Wildman–Crippen MR) is 158 cm³/mol. The lowest BCUT2D eigenvalue weighted by Crippen LogP contribution is -2.37. The summed E-state index contributed by atoms with van der Waals surface area (Å²) in [6.07, 6.45) is 1.71. The van der Waals surface area contributed by atoms with Crippen LogP contribution in [0.5, 0.6) is 0 Å². The molecule has 4 rings (SSSR count). The van der Waals surface area contributed by atoms with Gasteiger partial charge in [-0.3, -0.25) is 14.5 Å². The maximum atomic E-state index is 13.2. The van der Waals surface area contributed by atoms with E-state index in [4.69, 9.17) is 15.1 Å². The number of benzene rings is 3. The Morgan fingerprint density at radius 3 is 2.34 bits per heavy atom. The number of amides is 1. The summed E-state index contributed by atoms with van der Waals surface area (Å²) in [5, 5.41) is 12.1. The van der Waals surface area contributed by atoms with E-state index in [2.05, 4.69) is 52.2 Å². The quantitative estimate of drug-likeness (QED) is 0.0920. The molecule has 0 aliphatic carbocycles. The Morgan fingerprint density at radius 2 is 1.68 bits per heavy atom. The van der Waals surface area contributed by atoms with Crippen LogP contribution in [0, 0.1) is 0 Å². The molecule has 4 aromatic rings. The number of aryl methyl sites for hydroxylation is 1. The molecule has 8 heteroatoms. The second kappa shape index (κ2) is 12.9. The maximum absolute atomic E-state index is 13.2. The van der Waals surface area contributed by atoms with Crippen LogP contribution >= 0.6 is 22.6 Å². The Morgan fingerprint density at radius 1 is 0.947 bits per heavy atom. The number of carboxylic acids is 1. The Bertz CT molecular complexity index is 1410.